The molecule has 2 aromatic carbocycles. The first-order valence-electron chi connectivity index (χ1n) is 13.9. The maximum atomic E-state index is 13.2. The molecule has 2 bridgehead atoms. The fourth-order valence-electron chi connectivity index (χ4n) is 7.67. The van der Waals surface area contributed by atoms with Gasteiger partial charge in [0.2, 0.25) is 11.8 Å². The summed E-state index contributed by atoms with van der Waals surface area (Å²) >= 11 is 6.09. The fraction of sp³-hybridized carbons (Fsp3) is 0.484. The van der Waals surface area contributed by atoms with Crippen molar-refractivity contribution in [2.75, 3.05) is 39.3 Å². The van der Waals surface area contributed by atoms with E-state index in [0.29, 0.717) is 30.2 Å². The van der Waals surface area contributed by atoms with Gasteiger partial charge in [0.15, 0.2) is 0 Å². The number of imide groups is 1. The monoisotopic (exact) mass is 515 g/mol. The lowest BCUT2D eigenvalue weighted by molar-refractivity contribution is -0.140. The Kier molecular flexibility index (Phi) is 5.99. The van der Waals surface area contributed by atoms with Gasteiger partial charge in [0.25, 0.3) is 0 Å². The molecular weight excluding hydrogens is 482 g/mol. The molecule has 4 fully saturated rings. The number of carbonyl (C=O) groups is 2. The number of hydrogen-bond donors (Lipinski definition) is 0. The lowest BCUT2D eigenvalue weighted by atomic mass is 9.63. The van der Waals surface area contributed by atoms with Gasteiger partial charge in [-0.25, -0.2) is 0 Å². The first-order chi connectivity index (χ1) is 18.1. The Morgan fingerprint density at radius 2 is 1.38 bits per heavy atom. The van der Waals surface area contributed by atoms with E-state index in [9.17, 15) is 9.59 Å². The van der Waals surface area contributed by atoms with Crippen LogP contribution in [0.5, 0.6) is 0 Å². The Bertz CT molecular complexity index is 1200. The highest BCUT2D eigenvalue weighted by atomic mass is 35.5. The fourth-order valence-corrected chi connectivity index (χ4v) is 7.80. The smallest absolute Gasteiger partial charge is 0.233 e. The van der Waals surface area contributed by atoms with Gasteiger partial charge in [-0.1, -0.05) is 60.2 Å². The summed E-state index contributed by atoms with van der Waals surface area (Å²) in [5, 5.41) is 0.759. The topological polar surface area (TPSA) is 43.9 Å². The summed E-state index contributed by atoms with van der Waals surface area (Å²) < 4.78 is 0. The predicted octanol–water partition coefficient (Wildman–Crippen LogP) is 4.57. The molecule has 0 spiro atoms. The third-order valence-electron chi connectivity index (χ3n) is 9.64. The van der Waals surface area contributed by atoms with Crippen LogP contribution in [-0.4, -0.2) is 65.8 Å². The van der Waals surface area contributed by atoms with Crippen LogP contribution < -0.4 is 0 Å². The highest BCUT2D eigenvalue weighted by molar-refractivity contribution is 6.30. The second-order valence-corrected chi connectivity index (χ2v) is 12.1. The van der Waals surface area contributed by atoms with Crippen LogP contribution in [0.15, 0.2) is 60.7 Å². The van der Waals surface area contributed by atoms with Crippen LogP contribution in [0.3, 0.4) is 0 Å². The number of nitrogens with zero attached hydrogens (tertiary/aromatic N) is 3. The van der Waals surface area contributed by atoms with E-state index >= 15 is 0 Å². The molecule has 5 nitrogen and oxygen atoms in total. The van der Waals surface area contributed by atoms with Crippen LogP contribution in [0, 0.1) is 35.5 Å². The van der Waals surface area contributed by atoms with Crippen molar-refractivity contribution in [3.63, 3.8) is 0 Å². The molecule has 0 N–H and O–H groups in total. The van der Waals surface area contributed by atoms with Crippen molar-refractivity contribution in [1.29, 1.82) is 0 Å². The van der Waals surface area contributed by atoms with Crippen molar-refractivity contribution in [3.05, 3.63) is 71.3 Å². The molecule has 4 aliphatic carbocycles. The van der Waals surface area contributed by atoms with E-state index in [-0.39, 0.29) is 23.7 Å². The predicted molar refractivity (Wildman–Crippen MR) is 145 cm³/mol. The number of hydrogen-bond acceptors (Lipinski definition) is 4. The number of amides is 2. The maximum Gasteiger partial charge on any atom is 0.233 e. The van der Waals surface area contributed by atoms with Crippen LogP contribution in [0.4, 0.5) is 0 Å². The molecule has 2 saturated heterocycles. The highest BCUT2D eigenvalue weighted by Crippen LogP contribution is 2.65. The summed E-state index contributed by atoms with van der Waals surface area (Å²) in [4.78, 5) is 33.0. The molecular formula is C31H34ClN3O2. The first-order valence-corrected chi connectivity index (χ1v) is 14.3. The van der Waals surface area contributed by atoms with E-state index in [0.717, 1.165) is 50.7 Å². The van der Waals surface area contributed by atoms with Gasteiger partial charge in [-0.05, 0) is 71.9 Å². The van der Waals surface area contributed by atoms with Gasteiger partial charge in [0.05, 0.1) is 11.8 Å². The summed E-state index contributed by atoms with van der Waals surface area (Å²) in [7, 11) is 0. The van der Waals surface area contributed by atoms with Crippen molar-refractivity contribution < 1.29 is 9.59 Å². The lowest BCUT2D eigenvalue weighted by Gasteiger charge is -2.37. The number of benzene rings is 2. The Morgan fingerprint density at radius 3 is 2.05 bits per heavy atom. The lowest BCUT2D eigenvalue weighted by Crippen LogP contribution is -2.46. The van der Waals surface area contributed by atoms with Gasteiger partial charge in [-0.3, -0.25) is 19.4 Å². The molecule has 6 aliphatic rings. The Balaban J connectivity index is 0.906. The van der Waals surface area contributed by atoms with Crippen molar-refractivity contribution in [1.82, 2.24) is 14.7 Å². The van der Waals surface area contributed by atoms with Crippen LogP contribution >= 0.6 is 11.6 Å². The number of piperazine rings is 1. The van der Waals surface area contributed by atoms with E-state index in [2.05, 4.69) is 58.4 Å². The average Bonchev–Trinajstić information content (AvgIpc) is 3.71. The average molecular weight is 516 g/mol. The molecule has 8 rings (SSSR count). The Hall–Kier alpha value is -2.47. The molecule has 0 aromatic heterocycles. The Morgan fingerprint density at radius 1 is 0.757 bits per heavy atom. The summed E-state index contributed by atoms with van der Waals surface area (Å²) in [6.45, 7) is 6.55. The van der Waals surface area contributed by atoms with Gasteiger partial charge in [0, 0.05) is 44.3 Å². The molecule has 2 amide bonds. The molecule has 6 atom stereocenters. The zero-order valence-electron chi connectivity index (χ0n) is 21.1. The van der Waals surface area contributed by atoms with Crippen molar-refractivity contribution in [2.24, 2.45) is 35.5 Å². The number of rotatable bonds is 7. The second kappa shape index (κ2) is 9.37. The number of halogens is 1. The summed E-state index contributed by atoms with van der Waals surface area (Å²) in [5.41, 5.74) is 3.81. The molecule has 2 aromatic rings. The van der Waals surface area contributed by atoms with Crippen LogP contribution in [-0.2, 0) is 16.1 Å². The van der Waals surface area contributed by atoms with Gasteiger partial charge in [-0.2, -0.15) is 0 Å². The second-order valence-electron chi connectivity index (χ2n) is 11.6. The number of allylic oxidation sites excluding steroid dienone is 2. The zero-order chi connectivity index (χ0) is 25.1. The van der Waals surface area contributed by atoms with E-state index in [1.54, 1.807) is 4.90 Å². The normalized spacial score (nSPS) is 32.6. The summed E-state index contributed by atoms with van der Waals surface area (Å²) in [6.07, 6.45) is 6.59. The largest absolute Gasteiger partial charge is 0.301 e. The summed E-state index contributed by atoms with van der Waals surface area (Å²) in [6, 6.07) is 16.7. The molecule has 2 aliphatic heterocycles. The number of carbonyl (C=O) groups excluding carboxylic acids is 2. The third-order valence-corrected chi connectivity index (χ3v) is 9.89. The van der Waals surface area contributed by atoms with Crippen LogP contribution in [0.2, 0.25) is 5.02 Å². The molecule has 2 heterocycles. The summed E-state index contributed by atoms with van der Waals surface area (Å²) in [5.74, 6) is 2.08. The third kappa shape index (κ3) is 4.16. The van der Waals surface area contributed by atoms with Crippen molar-refractivity contribution in [3.8, 4) is 11.1 Å². The SMILES string of the molecule is O=C1C2C3C=CC(C4CC34)C2C(=O)N1CCCN1CCN(Cc2ccccc2-c2ccc(Cl)cc2)CC1. The van der Waals surface area contributed by atoms with Gasteiger partial charge in [-0.15, -0.1) is 0 Å². The molecule has 6 unspecified atom stereocenters. The Labute approximate surface area is 224 Å². The minimum absolute atomic E-state index is 0.0643. The van der Waals surface area contributed by atoms with E-state index in [1.807, 2.05) is 12.1 Å². The molecule has 37 heavy (non-hydrogen) atoms. The molecule has 192 valence electrons. The maximum absolute atomic E-state index is 13.2. The molecule has 0 radical (unpaired) electrons. The van der Waals surface area contributed by atoms with E-state index < -0.39 is 0 Å². The van der Waals surface area contributed by atoms with E-state index in [1.165, 1.54) is 23.1 Å². The number of likely N-dealkylation sites (tertiary alicyclic amines) is 1. The zero-order valence-corrected chi connectivity index (χ0v) is 21.9. The van der Waals surface area contributed by atoms with Crippen molar-refractivity contribution in [2.45, 2.75) is 19.4 Å². The van der Waals surface area contributed by atoms with Gasteiger partial charge in [0.1, 0.15) is 0 Å². The minimum atomic E-state index is -0.0643. The quantitative estimate of drug-likeness (QED) is 0.400. The van der Waals surface area contributed by atoms with Crippen LogP contribution in [0.1, 0.15) is 18.4 Å². The van der Waals surface area contributed by atoms with Gasteiger partial charge < -0.3 is 4.90 Å². The highest BCUT2D eigenvalue weighted by Gasteiger charge is 2.66. The van der Waals surface area contributed by atoms with Crippen LogP contribution in [0.25, 0.3) is 11.1 Å². The van der Waals surface area contributed by atoms with Gasteiger partial charge >= 0.3 is 0 Å². The van der Waals surface area contributed by atoms with Crippen molar-refractivity contribution >= 4 is 23.4 Å². The molecule has 6 heteroatoms. The standard InChI is InChI=1S/C31H34ClN3O2/c32-22-8-6-20(7-9-22)23-5-2-1-4-21(23)19-34-16-14-33(15-17-34)12-3-13-35-30(36)28-24-10-11-25(27-18-26(24)27)29(28)31(35)37/h1-2,4-11,24-29H,3,12-19H2. The minimum Gasteiger partial charge on any atom is -0.301 e. The first kappa shape index (κ1) is 23.6. The van der Waals surface area contributed by atoms with E-state index in [4.69, 9.17) is 11.6 Å². The molecule has 2 saturated carbocycles.